The second-order valence-corrected chi connectivity index (χ2v) is 5.14. The minimum Gasteiger partial charge on any atom is -0.490 e. The zero-order valence-electron chi connectivity index (χ0n) is 13.0. The van der Waals surface area contributed by atoms with Crippen molar-refractivity contribution in [1.29, 1.82) is 0 Å². The molecule has 0 atom stereocenters. The van der Waals surface area contributed by atoms with Gasteiger partial charge in [0.05, 0.1) is 12.3 Å². The van der Waals surface area contributed by atoms with Gasteiger partial charge in [-0.1, -0.05) is 19.8 Å². The predicted molar refractivity (Wildman–Crippen MR) is 79.8 cm³/mol. The third kappa shape index (κ3) is 5.64. The SMILES string of the molecule is CCCNCCCCCCOc1c(C)nn(C)c1C. The zero-order chi connectivity index (χ0) is 14.1. The van der Waals surface area contributed by atoms with E-state index in [9.17, 15) is 0 Å². The first kappa shape index (κ1) is 16.0. The fraction of sp³-hybridized carbons (Fsp3) is 0.800. The van der Waals surface area contributed by atoms with Gasteiger partial charge in [-0.25, -0.2) is 0 Å². The molecule has 1 N–H and O–H groups in total. The van der Waals surface area contributed by atoms with Gasteiger partial charge in [0.1, 0.15) is 5.69 Å². The molecule has 1 aromatic rings. The molecule has 0 radical (unpaired) electrons. The summed E-state index contributed by atoms with van der Waals surface area (Å²) >= 11 is 0. The summed E-state index contributed by atoms with van der Waals surface area (Å²) in [6.45, 7) is 9.34. The van der Waals surface area contributed by atoms with Crippen molar-refractivity contribution in [3.8, 4) is 5.75 Å². The number of aryl methyl sites for hydroxylation is 2. The first-order valence-electron chi connectivity index (χ1n) is 7.50. The van der Waals surface area contributed by atoms with Crippen LogP contribution in [0.2, 0.25) is 0 Å². The maximum absolute atomic E-state index is 5.83. The molecular formula is C15H29N3O. The lowest BCUT2D eigenvalue weighted by Gasteiger charge is -2.06. The van der Waals surface area contributed by atoms with Gasteiger partial charge in [-0.3, -0.25) is 4.68 Å². The molecule has 4 nitrogen and oxygen atoms in total. The molecule has 0 spiro atoms. The van der Waals surface area contributed by atoms with E-state index in [1.54, 1.807) is 0 Å². The predicted octanol–water partition coefficient (Wildman–Crippen LogP) is 2.98. The molecule has 19 heavy (non-hydrogen) atoms. The fourth-order valence-corrected chi connectivity index (χ4v) is 2.14. The smallest absolute Gasteiger partial charge is 0.162 e. The fourth-order valence-electron chi connectivity index (χ4n) is 2.14. The van der Waals surface area contributed by atoms with Crippen molar-refractivity contribution in [3.05, 3.63) is 11.4 Å². The largest absolute Gasteiger partial charge is 0.490 e. The Morgan fingerprint density at radius 3 is 2.47 bits per heavy atom. The highest BCUT2D eigenvalue weighted by atomic mass is 16.5. The highest BCUT2D eigenvalue weighted by Gasteiger charge is 2.09. The Balaban J connectivity index is 2.05. The van der Waals surface area contributed by atoms with Gasteiger partial charge in [0, 0.05) is 7.05 Å². The molecule has 0 aliphatic rings. The molecule has 0 unspecified atom stereocenters. The van der Waals surface area contributed by atoms with Gasteiger partial charge in [0.25, 0.3) is 0 Å². The lowest BCUT2D eigenvalue weighted by atomic mass is 10.2. The molecule has 1 aromatic heterocycles. The number of hydrogen-bond donors (Lipinski definition) is 1. The molecule has 1 rings (SSSR count). The Hall–Kier alpha value is -1.03. The van der Waals surface area contributed by atoms with E-state index in [4.69, 9.17) is 4.74 Å². The lowest BCUT2D eigenvalue weighted by molar-refractivity contribution is 0.300. The molecule has 0 aliphatic carbocycles. The van der Waals surface area contributed by atoms with Crippen LogP contribution in [0.4, 0.5) is 0 Å². The summed E-state index contributed by atoms with van der Waals surface area (Å²) in [5.74, 6) is 0.965. The van der Waals surface area contributed by atoms with Gasteiger partial charge in [-0.2, -0.15) is 5.10 Å². The number of unbranched alkanes of at least 4 members (excludes halogenated alkanes) is 3. The summed E-state index contributed by atoms with van der Waals surface area (Å²) in [5, 5.41) is 7.78. The van der Waals surface area contributed by atoms with Crippen LogP contribution in [0.25, 0.3) is 0 Å². The topological polar surface area (TPSA) is 39.1 Å². The van der Waals surface area contributed by atoms with Gasteiger partial charge in [0.2, 0.25) is 0 Å². The number of hydrogen-bond acceptors (Lipinski definition) is 3. The van der Waals surface area contributed by atoms with Crippen molar-refractivity contribution in [3.63, 3.8) is 0 Å². The Labute approximate surface area is 117 Å². The lowest BCUT2D eigenvalue weighted by Crippen LogP contribution is -2.15. The van der Waals surface area contributed by atoms with Crippen molar-refractivity contribution >= 4 is 0 Å². The average Bonchev–Trinajstić information content (AvgIpc) is 2.63. The summed E-state index contributed by atoms with van der Waals surface area (Å²) in [6.07, 6.45) is 6.14. The quantitative estimate of drug-likeness (QED) is 0.662. The Morgan fingerprint density at radius 2 is 1.84 bits per heavy atom. The number of nitrogens with zero attached hydrogens (tertiary/aromatic N) is 2. The number of rotatable bonds is 10. The number of nitrogens with one attached hydrogen (secondary N) is 1. The monoisotopic (exact) mass is 267 g/mol. The van der Waals surface area contributed by atoms with E-state index in [-0.39, 0.29) is 0 Å². The van der Waals surface area contributed by atoms with Gasteiger partial charge in [-0.15, -0.1) is 0 Å². The number of ether oxygens (including phenoxy) is 1. The van der Waals surface area contributed by atoms with Crippen molar-refractivity contribution in [2.45, 2.75) is 52.9 Å². The first-order valence-corrected chi connectivity index (χ1v) is 7.50. The van der Waals surface area contributed by atoms with Gasteiger partial charge < -0.3 is 10.1 Å². The molecule has 0 bridgehead atoms. The van der Waals surface area contributed by atoms with Crippen molar-refractivity contribution < 1.29 is 4.74 Å². The average molecular weight is 267 g/mol. The second kappa shape index (κ2) is 8.97. The zero-order valence-corrected chi connectivity index (χ0v) is 13.0. The van der Waals surface area contributed by atoms with E-state index in [1.807, 2.05) is 18.7 Å². The van der Waals surface area contributed by atoms with Crippen molar-refractivity contribution in [1.82, 2.24) is 15.1 Å². The van der Waals surface area contributed by atoms with E-state index in [1.165, 1.54) is 25.7 Å². The van der Waals surface area contributed by atoms with Crippen molar-refractivity contribution in [2.75, 3.05) is 19.7 Å². The van der Waals surface area contributed by atoms with Crippen LogP contribution < -0.4 is 10.1 Å². The molecule has 4 heteroatoms. The molecule has 0 fully saturated rings. The van der Waals surface area contributed by atoms with E-state index < -0.39 is 0 Å². The highest BCUT2D eigenvalue weighted by molar-refractivity contribution is 5.31. The van der Waals surface area contributed by atoms with Crippen LogP contribution in [-0.2, 0) is 7.05 Å². The summed E-state index contributed by atoms with van der Waals surface area (Å²) < 4.78 is 7.71. The first-order chi connectivity index (χ1) is 9.16. The molecule has 0 saturated heterocycles. The van der Waals surface area contributed by atoms with E-state index in [0.717, 1.165) is 43.3 Å². The maximum atomic E-state index is 5.83. The third-order valence-electron chi connectivity index (χ3n) is 3.36. The molecule has 0 aliphatic heterocycles. The van der Waals surface area contributed by atoms with E-state index in [2.05, 4.69) is 24.3 Å². The Bertz CT molecular complexity index is 361. The number of aromatic nitrogens is 2. The molecule has 0 saturated carbocycles. The minimum atomic E-state index is 0.801. The second-order valence-electron chi connectivity index (χ2n) is 5.14. The van der Waals surface area contributed by atoms with E-state index >= 15 is 0 Å². The molecular weight excluding hydrogens is 238 g/mol. The van der Waals surface area contributed by atoms with Crippen LogP contribution in [-0.4, -0.2) is 29.5 Å². The minimum absolute atomic E-state index is 0.801. The van der Waals surface area contributed by atoms with Crippen LogP contribution in [0.1, 0.15) is 50.4 Å². The van der Waals surface area contributed by atoms with Crippen LogP contribution in [0.3, 0.4) is 0 Å². The van der Waals surface area contributed by atoms with Crippen LogP contribution in [0.5, 0.6) is 5.75 Å². The molecule has 0 aromatic carbocycles. The highest BCUT2D eigenvalue weighted by Crippen LogP contribution is 2.21. The Morgan fingerprint density at radius 1 is 1.11 bits per heavy atom. The molecule has 1 heterocycles. The van der Waals surface area contributed by atoms with Crippen LogP contribution >= 0.6 is 0 Å². The van der Waals surface area contributed by atoms with Gasteiger partial charge >= 0.3 is 0 Å². The van der Waals surface area contributed by atoms with Crippen LogP contribution in [0, 0.1) is 13.8 Å². The normalized spacial score (nSPS) is 10.9. The summed E-state index contributed by atoms with van der Waals surface area (Å²) in [4.78, 5) is 0. The Kier molecular flexibility index (Phi) is 7.56. The van der Waals surface area contributed by atoms with E-state index in [0.29, 0.717) is 0 Å². The van der Waals surface area contributed by atoms with Crippen molar-refractivity contribution in [2.24, 2.45) is 7.05 Å². The van der Waals surface area contributed by atoms with Crippen LogP contribution in [0.15, 0.2) is 0 Å². The summed E-state index contributed by atoms with van der Waals surface area (Å²) in [5.41, 5.74) is 2.10. The summed E-state index contributed by atoms with van der Waals surface area (Å²) in [7, 11) is 1.96. The molecule has 110 valence electrons. The third-order valence-corrected chi connectivity index (χ3v) is 3.36. The maximum Gasteiger partial charge on any atom is 0.162 e. The standard InChI is InChI=1S/C15H29N3O/c1-5-10-16-11-8-6-7-9-12-19-15-13(2)17-18(4)14(15)3/h16H,5-12H2,1-4H3. The summed E-state index contributed by atoms with van der Waals surface area (Å²) in [6, 6.07) is 0. The van der Waals surface area contributed by atoms with Gasteiger partial charge in [0.15, 0.2) is 5.75 Å². The van der Waals surface area contributed by atoms with Gasteiger partial charge in [-0.05, 0) is 46.2 Å². The molecule has 0 amide bonds.